The van der Waals surface area contributed by atoms with E-state index in [0.717, 1.165) is 6.07 Å². The minimum Gasteiger partial charge on any atom is -0.359 e. The second kappa shape index (κ2) is 5.82. The number of imidazole rings is 1. The number of aromatic amines is 1. The number of hydrogen-bond donors (Lipinski definition) is 4. The molecule has 2 heterocycles. The van der Waals surface area contributed by atoms with Gasteiger partial charge in [-0.1, -0.05) is 11.6 Å². The molecule has 0 aliphatic carbocycles. The number of amidine groups is 1. The molecule has 1 aromatic carbocycles. The minimum atomic E-state index is -0.603. The second-order valence-electron chi connectivity index (χ2n) is 4.65. The van der Waals surface area contributed by atoms with Gasteiger partial charge in [0, 0.05) is 18.8 Å². The van der Waals surface area contributed by atoms with E-state index in [1.807, 2.05) is 0 Å². The van der Waals surface area contributed by atoms with E-state index in [2.05, 4.69) is 20.3 Å². The predicted octanol–water partition coefficient (Wildman–Crippen LogP) is 3.01. The van der Waals surface area contributed by atoms with Crippen LogP contribution in [0.1, 0.15) is 5.56 Å². The Morgan fingerprint density at radius 1 is 1.43 bits per heavy atom. The Morgan fingerprint density at radius 2 is 2.22 bits per heavy atom. The summed E-state index contributed by atoms with van der Waals surface area (Å²) in [6, 6.07) is 5.23. The van der Waals surface area contributed by atoms with Gasteiger partial charge in [0.1, 0.15) is 5.82 Å². The number of fused-ring (bicyclic) bond motifs is 1. The van der Waals surface area contributed by atoms with Gasteiger partial charge in [-0.2, -0.15) is 4.98 Å². The number of benzene rings is 1. The summed E-state index contributed by atoms with van der Waals surface area (Å²) in [6.45, 7) is 0. The maximum Gasteiger partial charge on any atom is 0.202 e. The molecule has 23 heavy (non-hydrogen) atoms. The molecule has 118 valence electrons. The van der Waals surface area contributed by atoms with Crippen molar-refractivity contribution in [2.75, 3.05) is 17.4 Å². The molecule has 0 unspecified atom stereocenters. The highest BCUT2D eigenvalue weighted by molar-refractivity contribution is 6.31. The molecule has 0 amide bonds. The molecule has 0 aliphatic heterocycles. The summed E-state index contributed by atoms with van der Waals surface area (Å²) >= 11 is 5.71. The topological polar surface area (TPSA) is 101 Å². The van der Waals surface area contributed by atoms with E-state index >= 15 is 0 Å². The lowest BCUT2D eigenvalue weighted by atomic mass is 10.2. The molecular formula is C14H12ClFN6O. The van der Waals surface area contributed by atoms with Crippen LogP contribution in [-0.2, 0) is 0 Å². The van der Waals surface area contributed by atoms with Gasteiger partial charge in [0.15, 0.2) is 11.5 Å². The van der Waals surface area contributed by atoms with E-state index in [1.54, 1.807) is 13.1 Å². The van der Waals surface area contributed by atoms with Gasteiger partial charge in [-0.15, -0.1) is 0 Å². The van der Waals surface area contributed by atoms with E-state index in [4.69, 9.17) is 17.0 Å². The Kier molecular flexibility index (Phi) is 3.85. The number of halogens is 2. The molecule has 3 rings (SSSR count). The first-order chi connectivity index (χ1) is 11.0. The molecule has 7 nitrogen and oxygen atoms in total. The van der Waals surface area contributed by atoms with Crippen LogP contribution in [0.4, 0.5) is 16.0 Å². The molecule has 2 aromatic heterocycles. The number of hydrogen-bond acceptors (Lipinski definition) is 5. The highest BCUT2D eigenvalue weighted by Crippen LogP contribution is 2.24. The number of nitrogens with zero attached hydrogens (tertiary/aromatic N) is 3. The molecule has 9 heteroatoms. The number of H-pyrrole nitrogens is 1. The maximum absolute atomic E-state index is 13.2. The van der Waals surface area contributed by atoms with E-state index in [0.29, 0.717) is 27.7 Å². The van der Waals surface area contributed by atoms with E-state index in [-0.39, 0.29) is 16.5 Å². The van der Waals surface area contributed by atoms with Crippen LogP contribution in [0.15, 0.2) is 30.5 Å². The molecule has 0 atom stereocenters. The summed E-state index contributed by atoms with van der Waals surface area (Å²) in [4.78, 5) is 11.3. The van der Waals surface area contributed by atoms with Crippen molar-refractivity contribution in [3.63, 3.8) is 0 Å². The molecule has 0 saturated carbocycles. The van der Waals surface area contributed by atoms with Gasteiger partial charge in [-0.05, 0) is 24.3 Å². The lowest BCUT2D eigenvalue weighted by Crippen LogP contribution is -2.27. The number of aromatic nitrogens is 3. The summed E-state index contributed by atoms with van der Waals surface area (Å²) < 4.78 is 13.2. The Balaban J connectivity index is 2.02. The molecule has 0 bridgehead atoms. The average molecular weight is 335 g/mol. The lowest BCUT2D eigenvalue weighted by molar-refractivity contribution is 0.312. The number of anilines is 2. The normalized spacial score (nSPS) is 10.8. The first kappa shape index (κ1) is 15.2. The Labute approximate surface area is 135 Å². The standard InChI is InChI=1S/C14H12ClFN6O/c1-18-14-20-11-8(4-5-19-13(11)21-14)12(17)22(23)7-2-3-10(16)9(15)6-7/h2-6,17,23H,1H3,(H2,18,19,20,21). The fourth-order valence-corrected chi connectivity index (χ4v) is 2.26. The first-order valence-electron chi connectivity index (χ1n) is 6.56. The van der Waals surface area contributed by atoms with Crippen molar-refractivity contribution in [2.45, 2.75) is 0 Å². The highest BCUT2D eigenvalue weighted by atomic mass is 35.5. The van der Waals surface area contributed by atoms with Crippen molar-refractivity contribution in [2.24, 2.45) is 0 Å². The van der Waals surface area contributed by atoms with Gasteiger partial charge < -0.3 is 10.3 Å². The molecule has 0 spiro atoms. The van der Waals surface area contributed by atoms with Gasteiger partial charge in [0.05, 0.1) is 16.2 Å². The zero-order valence-corrected chi connectivity index (χ0v) is 12.7. The first-order valence-corrected chi connectivity index (χ1v) is 6.94. The van der Waals surface area contributed by atoms with E-state index < -0.39 is 5.82 Å². The Morgan fingerprint density at radius 3 is 2.91 bits per heavy atom. The van der Waals surface area contributed by atoms with Crippen LogP contribution >= 0.6 is 11.6 Å². The smallest absolute Gasteiger partial charge is 0.202 e. The molecular weight excluding hydrogens is 323 g/mol. The molecule has 0 aliphatic rings. The van der Waals surface area contributed by atoms with Crippen molar-refractivity contribution < 1.29 is 9.60 Å². The van der Waals surface area contributed by atoms with Crippen molar-refractivity contribution in [1.29, 1.82) is 5.41 Å². The lowest BCUT2D eigenvalue weighted by Gasteiger charge is -2.18. The summed E-state index contributed by atoms with van der Waals surface area (Å²) in [5.74, 6) is -0.345. The van der Waals surface area contributed by atoms with Crippen molar-refractivity contribution in [1.82, 2.24) is 15.0 Å². The van der Waals surface area contributed by atoms with Gasteiger partial charge >= 0.3 is 0 Å². The van der Waals surface area contributed by atoms with Gasteiger partial charge in [-0.25, -0.2) is 14.4 Å². The monoisotopic (exact) mass is 334 g/mol. The Hall–Kier alpha value is -2.71. The van der Waals surface area contributed by atoms with E-state index in [9.17, 15) is 9.60 Å². The third-order valence-corrected chi connectivity index (χ3v) is 3.53. The number of hydroxylamine groups is 1. The minimum absolute atomic E-state index is 0.145. The zero-order chi connectivity index (χ0) is 16.6. The van der Waals surface area contributed by atoms with Crippen LogP contribution < -0.4 is 10.4 Å². The second-order valence-corrected chi connectivity index (χ2v) is 5.06. The van der Waals surface area contributed by atoms with Gasteiger partial charge in [0.2, 0.25) is 5.95 Å². The van der Waals surface area contributed by atoms with Gasteiger partial charge in [0.25, 0.3) is 0 Å². The van der Waals surface area contributed by atoms with Crippen LogP contribution in [0.5, 0.6) is 0 Å². The molecule has 0 radical (unpaired) electrons. The molecule has 4 N–H and O–H groups in total. The van der Waals surface area contributed by atoms with Crippen LogP contribution in [-0.4, -0.2) is 33.0 Å². The summed E-state index contributed by atoms with van der Waals surface area (Å²) in [6.07, 6.45) is 1.48. The molecule has 3 aromatic rings. The fourth-order valence-electron chi connectivity index (χ4n) is 2.09. The van der Waals surface area contributed by atoms with Crippen LogP contribution in [0.3, 0.4) is 0 Å². The largest absolute Gasteiger partial charge is 0.359 e. The van der Waals surface area contributed by atoms with Crippen molar-refractivity contribution in [3.8, 4) is 0 Å². The molecule has 0 saturated heterocycles. The van der Waals surface area contributed by atoms with Gasteiger partial charge in [-0.3, -0.25) is 10.6 Å². The van der Waals surface area contributed by atoms with Crippen LogP contribution in [0.2, 0.25) is 5.02 Å². The predicted molar refractivity (Wildman–Crippen MR) is 85.9 cm³/mol. The quantitative estimate of drug-likeness (QED) is 0.335. The third kappa shape index (κ3) is 2.69. The SMILES string of the molecule is CNc1nc2nccc(C(=N)N(O)c3ccc(F)c(Cl)c3)c2[nH]1. The maximum atomic E-state index is 13.2. The van der Waals surface area contributed by atoms with Crippen molar-refractivity contribution in [3.05, 3.63) is 46.9 Å². The summed E-state index contributed by atoms with van der Waals surface area (Å²) in [5, 5.41) is 21.7. The number of rotatable bonds is 3. The van der Waals surface area contributed by atoms with E-state index in [1.165, 1.54) is 18.3 Å². The average Bonchev–Trinajstić information content (AvgIpc) is 2.99. The fraction of sp³-hybridized carbons (Fsp3) is 0.0714. The van der Waals surface area contributed by atoms with Crippen molar-refractivity contribution >= 4 is 40.2 Å². The number of nitrogens with one attached hydrogen (secondary N) is 3. The van der Waals surface area contributed by atoms with Crippen LogP contribution in [0.25, 0.3) is 11.2 Å². The molecule has 0 fully saturated rings. The highest BCUT2D eigenvalue weighted by Gasteiger charge is 2.18. The summed E-state index contributed by atoms with van der Waals surface area (Å²) in [7, 11) is 1.70. The zero-order valence-electron chi connectivity index (χ0n) is 11.9. The third-order valence-electron chi connectivity index (χ3n) is 3.24. The van der Waals surface area contributed by atoms with Crippen LogP contribution in [0, 0.1) is 11.2 Å². The Bertz CT molecular complexity index is 896. The number of pyridine rings is 1. The summed E-state index contributed by atoms with van der Waals surface area (Å²) in [5.41, 5.74) is 1.45.